The van der Waals surface area contributed by atoms with Crippen molar-refractivity contribution in [2.75, 3.05) is 36.8 Å². The second kappa shape index (κ2) is 9.28. The van der Waals surface area contributed by atoms with Crippen molar-refractivity contribution >= 4 is 47.9 Å². The molecule has 1 aromatic heterocycles. The van der Waals surface area contributed by atoms with Crippen LogP contribution in [0.25, 0.3) is 0 Å². The summed E-state index contributed by atoms with van der Waals surface area (Å²) in [5.41, 5.74) is 8.20. The first-order valence-electron chi connectivity index (χ1n) is 7.43. The van der Waals surface area contributed by atoms with Gasteiger partial charge in [0, 0.05) is 55.2 Å². The molecule has 132 valence electrons. The number of piperazine rings is 1. The van der Waals surface area contributed by atoms with Gasteiger partial charge in [0.2, 0.25) is 0 Å². The molecule has 1 aliphatic heterocycles. The number of hydrogen-bond acceptors (Lipinski definition) is 5. The predicted octanol–water partition coefficient (Wildman–Crippen LogP) is 3.19. The Bertz CT molecular complexity index is 643. The van der Waals surface area contributed by atoms with Crippen molar-refractivity contribution in [1.82, 2.24) is 14.9 Å². The lowest BCUT2D eigenvalue weighted by Crippen LogP contribution is -2.46. The summed E-state index contributed by atoms with van der Waals surface area (Å²) in [5, 5.41) is 0.775. The maximum atomic E-state index is 5.97. The SMILES string of the molecule is Cc1ncc(CN2CCN(c3ccc(Cl)cc3)CC2)c(N)n1.Cl.Cl. The number of aromatic nitrogens is 2. The monoisotopic (exact) mass is 389 g/mol. The summed E-state index contributed by atoms with van der Waals surface area (Å²) in [6, 6.07) is 8.02. The van der Waals surface area contributed by atoms with Gasteiger partial charge in [0.05, 0.1) is 0 Å². The smallest absolute Gasteiger partial charge is 0.131 e. The number of nitrogens with two attached hydrogens (primary N) is 1. The molecule has 2 heterocycles. The molecular weight excluding hydrogens is 369 g/mol. The highest BCUT2D eigenvalue weighted by atomic mass is 35.5. The lowest BCUT2D eigenvalue weighted by Gasteiger charge is -2.36. The molecule has 24 heavy (non-hydrogen) atoms. The van der Waals surface area contributed by atoms with E-state index in [4.69, 9.17) is 17.3 Å². The number of benzene rings is 1. The van der Waals surface area contributed by atoms with Crippen molar-refractivity contribution in [2.24, 2.45) is 0 Å². The molecule has 1 fully saturated rings. The maximum Gasteiger partial charge on any atom is 0.131 e. The summed E-state index contributed by atoms with van der Waals surface area (Å²) >= 11 is 5.94. The molecule has 8 heteroatoms. The molecule has 1 saturated heterocycles. The van der Waals surface area contributed by atoms with Crippen LogP contribution in [0.5, 0.6) is 0 Å². The molecule has 0 bridgehead atoms. The van der Waals surface area contributed by atoms with Crippen molar-refractivity contribution in [3.05, 3.63) is 46.9 Å². The Hall–Kier alpha value is -1.27. The first kappa shape index (κ1) is 20.8. The normalized spacial score (nSPS) is 14.7. The van der Waals surface area contributed by atoms with Gasteiger partial charge in [0.25, 0.3) is 0 Å². The van der Waals surface area contributed by atoms with Crippen LogP contribution < -0.4 is 10.6 Å². The molecule has 0 radical (unpaired) electrons. The van der Waals surface area contributed by atoms with Crippen LogP contribution in [0, 0.1) is 6.92 Å². The third-order valence-electron chi connectivity index (χ3n) is 3.98. The highest BCUT2D eigenvalue weighted by Gasteiger charge is 2.18. The van der Waals surface area contributed by atoms with Crippen LogP contribution in [0.1, 0.15) is 11.4 Å². The van der Waals surface area contributed by atoms with Crippen LogP contribution in [0.2, 0.25) is 5.02 Å². The summed E-state index contributed by atoms with van der Waals surface area (Å²) in [6.45, 7) is 6.64. The predicted molar refractivity (Wildman–Crippen MR) is 105 cm³/mol. The zero-order valence-corrected chi connectivity index (χ0v) is 15.9. The minimum absolute atomic E-state index is 0. The average Bonchev–Trinajstić information content (AvgIpc) is 2.52. The van der Waals surface area contributed by atoms with Gasteiger partial charge in [-0.2, -0.15) is 0 Å². The van der Waals surface area contributed by atoms with E-state index >= 15 is 0 Å². The highest BCUT2D eigenvalue weighted by Crippen LogP contribution is 2.20. The molecule has 0 amide bonds. The molecule has 0 spiro atoms. The van der Waals surface area contributed by atoms with Crippen molar-refractivity contribution in [1.29, 1.82) is 0 Å². The van der Waals surface area contributed by atoms with Crippen molar-refractivity contribution in [3.8, 4) is 0 Å². The third kappa shape index (κ3) is 5.11. The zero-order chi connectivity index (χ0) is 15.5. The summed E-state index contributed by atoms with van der Waals surface area (Å²) in [4.78, 5) is 13.2. The summed E-state index contributed by atoms with van der Waals surface area (Å²) in [6.07, 6.45) is 1.84. The maximum absolute atomic E-state index is 5.97. The van der Waals surface area contributed by atoms with Crippen LogP contribution >= 0.6 is 36.4 Å². The lowest BCUT2D eigenvalue weighted by molar-refractivity contribution is 0.250. The standard InChI is InChI=1S/C16H20ClN5.2ClH/c1-12-19-10-13(16(18)20-12)11-21-6-8-22(9-7-21)15-4-2-14(17)3-5-15;;/h2-5,10H,6-9,11H2,1H3,(H2,18,19,20);2*1H. The number of nitrogens with zero attached hydrogens (tertiary/aromatic N) is 4. The van der Waals surface area contributed by atoms with Gasteiger partial charge in [0.15, 0.2) is 0 Å². The molecule has 2 aromatic rings. The second-order valence-corrected chi connectivity index (χ2v) is 6.00. The Morgan fingerprint density at radius 2 is 1.71 bits per heavy atom. The van der Waals surface area contributed by atoms with Gasteiger partial charge >= 0.3 is 0 Å². The number of anilines is 2. The number of nitrogen functional groups attached to an aromatic ring is 1. The van der Waals surface area contributed by atoms with E-state index in [9.17, 15) is 0 Å². The van der Waals surface area contributed by atoms with Crippen LogP contribution in [-0.4, -0.2) is 41.0 Å². The Labute approximate surface area is 160 Å². The average molecular weight is 391 g/mol. The zero-order valence-electron chi connectivity index (χ0n) is 13.5. The Morgan fingerprint density at radius 3 is 2.29 bits per heavy atom. The number of halogens is 3. The van der Waals surface area contributed by atoms with E-state index < -0.39 is 0 Å². The van der Waals surface area contributed by atoms with E-state index in [1.165, 1.54) is 5.69 Å². The number of rotatable bonds is 3. The van der Waals surface area contributed by atoms with Crippen molar-refractivity contribution in [3.63, 3.8) is 0 Å². The number of aryl methyl sites for hydroxylation is 1. The number of hydrogen-bond donors (Lipinski definition) is 1. The van der Waals surface area contributed by atoms with Gasteiger partial charge in [-0.25, -0.2) is 9.97 Å². The molecular formula is C16H22Cl3N5. The fourth-order valence-corrected chi connectivity index (χ4v) is 2.82. The Morgan fingerprint density at radius 1 is 1.08 bits per heavy atom. The van der Waals surface area contributed by atoms with Gasteiger partial charge in [-0.05, 0) is 31.2 Å². The molecule has 1 aromatic carbocycles. The fraction of sp³-hybridized carbons (Fsp3) is 0.375. The largest absolute Gasteiger partial charge is 0.383 e. The summed E-state index contributed by atoms with van der Waals surface area (Å²) in [7, 11) is 0. The lowest BCUT2D eigenvalue weighted by atomic mass is 10.2. The summed E-state index contributed by atoms with van der Waals surface area (Å²) < 4.78 is 0. The topological polar surface area (TPSA) is 58.3 Å². The summed E-state index contributed by atoms with van der Waals surface area (Å²) in [5.74, 6) is 1.31. The van der Waals surface area contributed by atoms with Crippen LogP contribution in [0.3, 0.4) is 0 Å². The Balaban J connectivity index is 0.00000144. The van der Waals surface area contributed by atoms with Crippen LogP contribution in [-0.2, 0) is 6.54 Å². The first-order chi connectivity index (χ1) is 10.6. The van der Waals surface area contributed by atoms with Gasteiger partial charge in [-0.15, -0.1) is 24.8 Å². The van der Waals surface area contributed by atoms with Gasteiger partial charge in [0.1, 0.15) is 11.6 Å². The Kier molecular flexibility index (Phi) is 8.03. The van der Waals surface area contributed by atoms with Crippen molar-refractivity contribution < 1.29 is 0 Å². The molecule has 5 nitrogen and oxygen atoms in total. The van der Waals surface area contributed by atoms with Crippen molar-refractivity contribution in [2.45, 2.75) is 13.5 Å². The van der Waals surface area contributed by atoms with E-state index in [-0.39, 0.29) is 24.8 Å². The molecule has 3 rings (SSSR count). The third-order valence-corrected chi connectivity index (χ3v) is 4.23. The molecule has 0 saturated carbocycles. The first-order valence-corrected chi connectivity index (χ1v) is 7.80. The highest BCUT2D eigenvalue weighted by molar-refractivity contribution is 6.30. The van der Waals surface area contributed by atoms with E-state index in [0.29, 0.717) is 11.6 Å². The minimum atomic E-state index is 0. The van der Waals surface area contributed by atoms with E-state index in [1.807, 2.05) is 25.3 Å². The second-order valence-electron chi connectivity index (χ2n) is 5.57. The molecule has 0 unspecified atom stereocenters. The van der Waals surface area contributed by atoms with E-state index in [2.05, 4.69) is 31.9 Å². The molecule has 2 N–H and O–H groups in total. The van der Waals surface area contributed by atoms with Gasteiger partial charge in [-0.3, -0.25) is 4.90 Å². The molecule has 0 aliphatic carbocycles. The molecule has 1 aliphatic rings. The van der Waals surface area contributed by atoms with E-state index in [0.717, 1.165) is 43.3 Å². The minimum Gasteiger partial charge on any atom is -0.383 e. The van der Waals surface area contributed by atoms with Crippen LogP contribution in [0.15, 0.2) is 30.5 Å². The van der Waals surface area contributed by atoms with E-state index in [1.54, 1.807) is 0 Å². The molecule has 0 atom stereocenters. The quantitative estimate of drug-likeness (QED) is 0.872. The van der Waals surface area contributed by atoms with Gasteiger partial charge < -0.3 is 10.6 Å². The van der Waals surface area contributed by atoms with Crippen LogP contribution in [0.4, 0.5) is 11.5 Å². The van der Waals surface area contributed by atoms with Gasteiger partial charge in [-0.1, -0.05) is 11.6 Å². The fourth-order valence-electron chi connectivity index (χ4n) is 2.69.